The van der Waals surface area contributed by atoms with E-state index in [0.29, 0.717) is 17.2 Å². The van der Waals surface area contributed by atoms with Gasteiger partial charge in [-0.15, -0.1) is 0 Å². The molecule has 5 aromatic carbocycles. The van der Waals surface area contributed by atoms with Crippen molar-refractivity contribution in [2.24, 2.45) is 0 Å². The number of para-hydroxylation sites is 1. The Morgan fingerprint density at radius 1 is 0.731 bits per heavy atom. The van der Waals surface area contributed by atoms with Gasteiger partial charge in [-0.25, -0.2) is 8.42 Å². The van der Waals surface area contributed by atoms with Gasteiger partial charge in [0.15, 0.2) is 0 Å². The summed E-state index contributed by atoms with van der Waals surface area (Å²) in [6.07, 6.45) is 4.14. The number of hydrogen-bond donors (Lipinski definition) is 1. The predicted octanol–water partition coefficient (Wildman–Crippen LogP) is 7.99. The van der Waals surface area contributed by atoms with Crippen molar-refractivity contribution in [1.82, 2.24) is 10.2 Å². The number of carbonyl (C=O) groups excluding carboxylic acids is 2. The summed E-state index contributed by atoms with van der Waals surface area (Å²) in [5.74, 6) is 0.416. The Hall–Kier alpha value is -5.41. The molecule has 0 saturated heterocycles. The van der Waals surface area contributed by atoms with Gasteiger partial charge in [0, 0.05) is 19.0 Å². The monoisotopic (exact) mass is 715 g/mol. The van der Waals surface area contributed by atoms with Crippen molar-refractivity contribution in [3.05, 3.63) is 156 Å². The number of nitrogens with one attached hydrogen (secondary N) is 1. The fourth-order valence-corrected chi connectivity index (χ4v) is 8.01. The Labute approximate surface area is 307 Å². The van der Waals surface area contributed by atoms with Crippen LogP contribution in [0.1, 0.15) is 47.9 Å². The van der Waals surface area contributed by atoms with E-state index in [4.69, 9.17) is 4.74 Å². The number of amides is 2. The molecule has 1 N–H and O–H groups in total. The molecule has 1 aliphatic carbocycles. The zero-order valence-electron chi connectivity index (χ0n) is 29.7. The molecule has 1 aliphatic rings. The third-order valence-electron chi connectivity index (χ3n) is 9.40. The van der Waals surface area contributed by atoms with E-state index in [1.807, 2.05) is 98.8 Å². The van der Waals surface area contributed by atoms with Crippen LogP contribution in [0.2, 0.25) is 0 Å². The molecule has 1 fully saturated rings. The second-order valence-electron chi connectivity index (χ2n) is 13.4. The van der Waals surface area contributed by atoms with Crippen molar-refractivity contribution in [2.45, 2.75) is 69.5 Å². The molecule has 9 heteroatoms. The van der Waals surface area contributed by atoms with E-state index in [9.17, 15) is 18.0 Å². The Morgan fingerprint density at radius 3 is 2.00 bits per heavy atom. The number of sulfonamides is 1. The molecular formula is C43H45N3O5S. The summed E-state index contributed by atoms with van der Waals surface area (Å²) in [7, 11) is -4.23. The molecule has 0 radical (unpaired) electrons. The highest BCUT2D eigenvalue weighted by atomic mass is 32.2. The van der Waals surface area contributed by atoms with E-state index >= 15 is 0 Å². The van der Waals surface area contributed by atoms with Gasteiger partial charge in [-0.05, 0) is 86.3 Å². The van der Waals surface area contributed by atoms with Crippen molar-refractivity contribution in [3.8, 4) is 11.5 Å². The lowest BCUT2D eigenvalue weighted by Gasteiger charge is -2.34. The van der Waals surface area contributed by atoms with E-state index in [0.717, 1.165) is 52.2 Å². The smallest absolute Gasteiger partial charge is 0.264 e. The maximum Gasteiger partial charge on any atom is 0.264 e. The van der Waals surface area contributed by atoms with Crippen LogP contribution >= 0.6 is 0 Å². The molecule has 0 aliphatic heterocycles. The minimum Gasteiger partial charge on any atom is -0.457 e. The van der Waals surface area contributed by atoms with Crippen LogP contribution in [0.5, 0.6) is 11.5 Å². The zero-order chi connectivity index (χ0) is 36.5. The number of carbonyl (C=O) groups is 2. The summed E-state index contributed by atoms with van der Waals surface area (Å²) in [4.78, 5) is 30.7. The topological polar surface area (TPSA) is 96.0 Å². The summed E-state index contributed by atoms with van der Waals surface area (Å²) in [5, 5.41) is 3.23. The van der Waals surface area contributed by atoms with Gasteiger partial charge in [0.05, 0.1) is 10.6 Å². The fraction of sp³-hybridized carbons (Fsp3) is 0.256. The Morgan fingerprint density at radius 2 is 1.35 bits per heavy atom. The van der Waals surface area contributed by atoms with E-state index in [2.05, 4.69) is 5.32 Å². The van der Waals surface area contributed by atoms with Crippen LogP contribution in [-0.2, 0) is 32.6 Å². The van der Waals surface area contributed by atoms with Crippen LogP contribution in [-0.4, -0.2) is 43.8 Å². The van der Waals surface area contributed by atoms with Crippen molar-refractivity contribution in [3.63, 3.8) is 0 Å². The highest BCUT2D eigenvalue weighted by molar-refractivity contribution is 7.92. The van der Waals surface area contributed by atoms with Gasteiger partial charge in [-0.1, -0.05) is 109 Å². The summed E-state index contributed by atoms with van der Waals surface area (Å²) >= 11 is 0. The second-order valence-corrected chi connectivity index (χ2v) is 15.3. The molecular weight excluding hydrogens is 671 g/mol. The molecule has 1 saturated carbocycles. The minimum absolute atomic E-state index is 0.0386. The SMILES string of the molecule is Cc1ccc(S(=O)(=O)N(CC(=O)N(Cc2cccc(C)c2)C(Cc2ccccc2)C(=O)NC2CCCC2)c2ccc(Oc3ccccc3)cc2)cc1. The zero-order valence-corrected chi connectivity index (χ0v) is 30.5. The van der Waals surface area contributed by atoms with Crippen molar-refractivity contribution in [1.29, 1.82) is 0 Å². The highest BCUT2D eigenvalue weighted by Crippen LogP contribution is 2.29. The number of aryl methyl sites for hydroxylation is 2. The van der Waals surface area contributed by atoms with Crippen molar-refractivity contribution in [2.75, 3.05) is 10.8 Å². The lowest BCUT2D eigenvalue weighted by Crippen LogP contribution is -2.54. The highest BCUT2D eigenvalue weighted by Gasteiger charge is 2.35. The molecule has 1 atom stereocenters. The number of benzene rings is 5. The van der Waals surface area contributed by atoms with Gasteiger partial charge in [0.25, 0.3) is 10.0 Å². The Kier molecular flexibility index (Phi) is 11.7. The van der Waals surface area contributed by atoms with Gasteiger partial charge in [-0.2, -0.15) is 0 Å². The summed E-state index contributed by atoms with van der Waals surface area (Å²) < 4.78 is 36.0. The summed E-state index contributed by atoms with van der Waals surface area (Å²) in [6, 6.07) is 39.1. The van der Waals surface area contributed by atoms with Crippen LogP contribution in [0.25, 0.3) is 0 Å². The summed E-state index contributed by atoms with van der Waals surface area (Å²) in [5.41, 5.74) is 3.95. The van der Waals surface area contributed by atoms with Crippen LogP contribution in [0, 0.1) is 13.8 Å². The van der Waals surface area contributed by atoms with Crippen LogP contribution in [0.4, 0.5) is 5.69 Å². The first-order chi connectivity index (χ1) is 25.2. The van der Waals surface area contributed by atoms with Crippen molar-refractivity contribution >= 4 is 27.5 Å². The third kappa shape index (κ3) is 9.27. The van der Waals surface area contributed by atoms with Gasteiger partial charge in [0.1, 0.15) is 24.1 Å². The molecule has 52 heavy (non-hydrogen) atoms. The Bertz CT molecular complexity index is 2050. The molecule has 0 spiro atoms. The van der Waals surface area contributed by atoms with E-state index in [-0.39, 0.29) is 29.8 Å². The van der Waals surface area contributed by atoms with Gasteiger partial charge < -0.3 is 15.0 Å². The number of ether oxygens (including phenoxy) is 1. The molecule has 5 aromatic rings. The van der Waals surface area contributed by atoms with Crippen LogP contribution < -0.4 is 14.4 Å². The van der Waals surface area contributed by atoms with E-state index in [1.165, 1.54) is 0 Å². The standard InChI is InChI=1S/C43H45N3O5S/c1-32-20-26-40(27-21-32)52(49,50)46(37-22-24-39(25-23-37)51-38-18-7-4-8-19-38)31-42(47)45(30-35-15-11-12-33(2)28-35)41(29-34-13-5-3-6-14-34)43(48)44-36-16-9-10-17-36/h3-8,11-15,18-28,36,41H,9-10,16-17,29-31H2,1-2H3,(H,44,48). The molecule has 0 aromatic heterocycles. The number of nitrogens with zero attached hydrogens (tertiary/aromatic N) is 2. The maximum absolute atomic E-state index is 14.8. The van der Waals surface area contributed by atoms with Gasteiger partial charge in [-0.3, -0.25) is 13.9 Å². The lowest BCUT2D eigenvalue weighted by molar-refractivity contribution is -0.140. The van der Waals surface area contributed by atoms with Crippen molar-refractivity contribution < 1.29 is 22.7 Å². The van der Waals surface area contributed by atoms with E-state index in [1.54, 1.807) is 53.4 Å². The molecule has 8 nitrogen and oxygen atoms in total. The third-order valence-corrected chi connectivity index (χ3v) is 11.2. The normalized spacial score (nSPS) is 13.7. The average Bonchev–Trinajstić information content (AvgIpc) is 3.66. The first kappa shape index (κ1) is 36.4. The fourth-order valence-electron chi connectivity index (χ4n) is 6.60. The molecule has 0 bridgehead atoms. The number of anilines is 1. The minimum atomic E-state index is -4.23. The largest absolute Gasteiger partial charge is 0.457 e. The molecule has 2 amide bonds. The first-order valence-electron chi connectivity index (χ1n) is 17.8. The van der Waals surface area contributed by atoms with Gasteiger partial charge >= 0.3 is 0 Å². The Balaban J connectivity index is 1.39. The van der Waals surface area contributed by atoms with Crippen LogP contribution in [0.3, 0.4) is 0 Å². The molecule has 6 rings (SSSR count). The molecule has 0 heterocycles. The van der Waals surface area contributed by atoms with E-state index < -0.39 is 28.5 Å². The number of hydrogen-bond acceptors (Lipinski definition) is 5. The van der Waals surface area contributed by atoms with Gasteiger partial charge in [0.2, 0.25) is 11.8 Å². The molecule has 1 unspecified atom stereocenters. The maximum atomic E-state index is 14.8. The average molecular weight is 716 g/mol. The predicted molar refractivity (Wildman–Crippen MR) is 205 cm³/mol. The lowest BCUT2D eigenvalue weighted by atomic mass is 10.0. The summed E-state index contributed by atoms with van der Waals surface area (Å²) in [6.45, 7) is 3.46. The second kappa shape index (κ2) is 16.7. The first-order valence-corrected chi connectivity index (χ1v) is 19.2. The molecule has 268 valence electrons. The van der Waals surface area contributed by atoms with Crippen LogP contribution in [0.15, 0.2) is 138 Å². The quantitative estimate of drug-likeness (QED) is 0.126. The number of rotatable bonds is 14.